The van der Waals surface area contributed by atoms with Gasteiger partial charge in [0.25, 0.3) is 0 Å². The Labute approximate surface area is 117 Å². The third kappa shape index (κ3) is 3.62. The predicted octanol–water partition coefficient (Wildman–Crippen LogP) is 3.07. The molecule has 0 saturated carbocycles. The van der Waals surface area contributed by atoms with Crippen LogP contribution in [0.15, 0.2) is 18.3 Å². The SMILES string of the molecule is CC(C)NCC1CCCN1c1cc(C(F)(F)F)ccn1. The second-order valence-electron chi connectivity index (χ2n) is 5.45. The van der Waals surface area contributed by atoms with Crippen LogP contribution in [0.5, 0.6) is 0 Å². The fourth-order valence-corrected chi connectivity index (χ4v) is 2.47. The Balaban J connectivity index is 2.13. The highest BCUT2D eigenvalue weighted by Gasteiger charge is 2.32. The lowest BCUT2D eigenvalue weighted by atomic mass is 10.2. The van der Waals surface area contributed by atoms with Crippen LogP contribution in [0.25, 0.3) is 0 Å². The van der Waals surface area contributed by atoms with E-state index in [1.54, 1.807) is 0 Å². The average molecular weight is 287 g/mol. The summed E-state index contributed by atoms with van der Waals surface area (Å²) >= 11 is 0. The van der Waals surface area contributed by atoms with E-state index in [0.717, 1.165) is 38.1 Å². The topological polar surface area (TPSA) is 28.2 Å². The molecule has 1 N–H and O–H groups in total. The van der Waals surface area contributed by atoms with Crippen LogP contribution in [-0.2, 0) is 6.18 Å². The molecule has 0 aliphatic carbocycles. The summed E-state index contributed by atoms with van der Waals surface area (Å²) in [5.41, 5.74) is -0.634. The zero-order valence-corrected chi connectivity index (χ0v) is 11.7. The number of nitrogens with zero attached hydrogens (tertiary/aromatic N) is 2. The van der Waals surface area contributed by atoms with Gasteiger partial charge >= 0.3 is 6.18 Å². The summed E-state index contributed by atoms with van der Waals surface area (Å²) in [5, 5.41) is 3.34. The van der Waals surface area contributed by atoms with E-state index in [4.69, 9.17) is 0 Å². The first kappa shape index (κ1) is 15.1. The minimum atomic E-state index is -4.32. The molecule has 20 heavy (non-hydrogen) atoms. The van der Waals surface area contributed by atoms with Gasteiger partial charge in [-0.3, -0.25) is 0 Å². The highest BCUT2D eigenvalue weighted by Crippen LogP contribution is 2.32. The lowest BCUT2D eigenvalue weighted by Crippen LogP contribution is -2.40. The smallest absolute Gasteiger partial charge is 0.352 e. The summed E-state index contributed by atoms with van der Waals surface area (Å²) in [4.78, 5) is 6.09. The zero-order valence-electron chi connectivity index (χ0n) is 11.7. The lowest BCUT2D eigenvalue weighted by Gasteiger charge is -2.27. The number of anilines is 1. The number of pyridine rings is 1. The largest absolute Gasteiger partial charge is 0.416 e. The number of nitrogens with one attached hydrogen (secondary N) is 1. The van der Waals surface area contributed by atoms with Crippen molar-refractivity contribution in [1.29, 1.82) is 0 Å². The van der Waals surface area contributed by atoms with Crippen molar-refractivity contribution >= 4 is 5.82 Å². The van der Waals surface area contributed by atoms with Gasteiger partial charge in [-0.2, -0.15) is 13.2 Å². The standard InChI is InChI=1S/C14H20F3N3/c1-10(2)19-9-12-4-3-7-20(12)13-8-11(5-6-18-13)14(15,16)17/h5-6,8,10,12,19H,3-4,7,9H2,1-2H3. The Morgan fingerprint density at radius 3 is 2.85 bits per heavy atom. The molecular weight excluding hydrogens is 267 g/mol. The van der Waals surface area contributed by atoms with Crippen molar-refractivity contribution in [2.45, 2.75) is 44.9 Å². The summed E-state index contributed by atoms with van der Waals surface area (Å²) in [6, 6.07) is 2.74. The van der Waals surface area contributed by atoms with Gasteiger partial charge in [0.05, 0.1) is 5.56 Å². The molecule has 0 amide bonds. The Hall–Kier alpha value is -1.30. The predicted molar refractivity (Wildman–Crippen MR) is 72.7 cm³/mol. The maximum absolute atomic E-state index is 12.7. The van der Waals surface area contributed by atoms with Gasteiger partial charge in [-0.1, -0.05) is 13.8 Å². The van der Waals surface area contributed by atoms with Gasteiger partial charge in [-0.15, -0.1) is 0 Å². The Morgan fingerprint density at radius 2 is 2.20 bits per heavy atom. The van der Waals surface area contributed by atoms with Crippen LogP contribution >= 0.6 is 0 Å². The average Bonchev–Trinajstić information content (AvgIpc) is 2.83. The van der Waals surface area contributed by atoms with Gasteiger partial charge in [0.1, 0.15) is 5.82 Å². The fraction of sp³-hybridized carbons (Fsp3) is 0.643. The molecule has 1 aromatic heterocycles. The maximum Gasteiger partial charge on any atom is 0.416 e. The van der Waals surface area contributed by atoms with Crippen molar-refractivity contribution in [2.75, 3.05) is 18.0 Å². The molecule has 1 fully saturated rings. The Morgan fingerprint density at radius 1 is 1.45 bits per heavy atom. The van der Waals surface area contributed by atoms with Gasteiger partial charge in [0.15, 0.2) is 0 Å². The minimum absolute atomic E-state index is 0.216. The van der Waals surface area contributed by atoms with Crippen LogP contribution in [0, 0.1) is 0 Å². The van der Waals surface area contributed by atoms with Gasteiger partial charge in [-0.05, 0) is 25.0 Å². The van der Waals surface area contributed by atoms with E-state index in [9.17, 15) is 13.2 Å². The van der Waals surface area contributed by atoms with Gasteiger partial charge in [0, 0.05) is 31.4 Å². The monoisotopic (exact) mass is 287 g/mol. The molecule has 3 nitrogen and oxygen atoms in total. The van der Waals surface area contributed by atoms with Crippen LogP contribution < -0.4 is 10.2 Å². The highest BCUT2D eigenvalue weighted by atomic mass is 19.4. The third-order valence-corrected chi connectivity index (χ3v) is 3.51. The molecule has 1 aromatic rings. The molecule has 0 aromatic carbocycles. The van der Waals surface area contributed by atoms with E-state index in [2.05, 4.69) is 24.1 Å². The summed E-state index contributed by atoms with van der Waals surface area (Å²) in [6.07, 6.45) is -1.10. The number of alkyl halides is 3. The first-order valence-electron chi connectivity index (χ1n) is 6.91. The van der Waals surface area contributed by atoms with Crippen LogP contribution in [0.4, 0.5) is 19.0 Å². The maximum atomic E-state index is 12.7. The molecule has 1 saturated heterocycles. The molecule has 0 radical (unpaired) electrons. The van der Waals surface area contributed by atoms with E-state index < -0.39 is 11.7 Å². The normalized spacial score (nSPS) is 19.9. The molecule has 0 bridgehead atoms. The van der Waals surface area contributed by atoms with Crippen LogP contribution in [0.3, 0.4) is 0 Å². The van der Waals surface area contributed by atoms with Crippen molar-refractivity contribution in [3.8, 4) is 0 Å². The quantitative estimate of drug-likeness (QED) is 0.922. The molecular formula is C14H20F3N3. The second kappa shape index (κ2) is 5.99. The number of hydrogen-bond acceptors (Lipinski definition) is 3. The van der Waals surface area contributed by atoms with E-state index in [0.29, 0.717) is 11.9 Å². The summed E-state index contributed by atoms with van der Waals surface area (Å²) in [6.45, 7) is 5.65. The first-order chi connectivity index (χ1) is 9.38. The molecule has 1 atom stereocenters. The highest BCUT2D eigenvalue weighted by molar-refractivity contribution is 5.44. The van der Waals surface area contributed by atoms with Crippen LogP contribution in [-0.4, -0.2) is 30.2 Å². The molecule has 2 heterocycles. The van der Waals surface area contributed by atoms with Crippen LogP contribution in [0.1, 0.15) is 32.3 Å². The molecule has 2 rings (SSSR count). The number of rotatable bonds is 4. The minimum Gasteiger partial charge on any atom is -0.352 e. The molecule has 6 heteroatoms. The van der Waals surface area contributed by atoms with E-state index in [1.165, 1.54) is 6.20 Å². The van der Waals surface area contributed by atoms with Gasteiger partial charge in [-0.25, -0.2) is 4.98 Å². The van der Waals surface area contributed by atoms with Crippen LogP contribution in [0.2, 0.25) is 0 Å². The third-order valence-electron chi connectivity index (χ3n) is 3.51. The number of hydrogen-bond donors (Lipinski definition) is 1. The summed E-state index contributed by atoms with van der Waals surface area (Å²) in [5.74, 6) is 0.424. The van der Waals surface area contributed by atoms with Crippen molar-refractivity contribution < 1.29 is 13.2 Å². The molecule has 0 spiro atoms. The van der Waals surface area contributed by atoms with E-state index in [-0.39, 0.29) is 6.04 Å². The molecule has 112 valence electrons. The Kier molecular flexibility index (Phi) is 4.52. The summed E-state index contributed by atoms with van der Waals surface area (Å²) in [7, 11) is 0. The van der Waals surface area contributed by atoms with Crippen molar-refractivity contribution in [1.82, 2.24) is 10.3 Å². The van der Waals surface area contributed by atoms with Crippen molar-refractivity contribution in [2.24, 2.45) is 0 Å². The Bertz CT molecular complexity index is 446. The number of halogens is 3. The van der Waals surface area contributed by atoms with Crippen molar-refractivity contribution in [3.05, 3.63) is 23.9 Å². The number of aromatic nitrogens is 1. The van der Waals surface area contributed by atoms with E-state index >= 15 is 0 Å². The van der Waals surface area contributed by atoms with Gasteiger partial charge < -0.3 is 10.2 Å². The zero-order chi connectivity index (χ0) is 14.8. The lowest BCUT2D eigenvalue weighted by molar-refractivity contribution is -0.137. The van der Waals surface area contributed by atoms with Crippen molar-refractivity contribution in [3.63, 3.8) is 0 Å². The van der Waals surface area contributed by atoms with E-state index in [1.807, 2.05) is 4.90 Å². The molecule has 1 aliphatic rings. The molecule has 1 aliphatic heterocycles. The summed E-state index contributed by atoms with van der Waals surface area (Å²) < 4.78 is 38.2. The fourth-order valence-electron chi connectivity index (χ4n) is 2.47. The second-order valence-corrected chi connectivity index (χ2v) is 5.45. The molecule has 1 unspecified atom stereocenters. The van der Waals surface area contributed by atoms with Gasteiger partial charge in [0.2, 0.25) is 0 Å². The first-order valence-corrected chi connectivity index (χ1v) is 6.91.